The third kappa shape index (κ3) is 5.92. The van der Waals surface area contributed by atoms with Gasteiger partial charge in [-0.05, 0) is 54.1 Å². The number of urea groups is 1. The van der Waals surface area contributed by atoms with Crippen molar-refractivity contribution in [3.8, 4) is 0 Å². The van der Waals surface area contributed by atoms with Gasteiger partial charge in [0, 0.05) is 34.7 Å². The van der Waals surface area contributed by atoms with Crippen LogP contribution in [0.25, 0.3) is 0 Å². The number of piperazine rings is 1. The molecule has 1 aliphatic heterocycles. The first-order valence-corrected chi connectivity index (χ1v) is 11.9. The Balaban J connectivity index is 1.62. The zero-order chi connectivity index (χ0) is 25.3. The Hall–Kier alpha value is -2.32. The van der Waals surface area contributed by atoms with E-state index in [1.165, 1.54) is 11.0 Å². The minimum Gasteiger partial charge on any atom is -0.360 e. The molecule has 1 N–H and O–H groups in total. The van der Waals surface area contributed by atoms with Crippen molar-refractivity contribution >= 4 is 63.8 Å². The van der Waals surface area contributed by atoms with Crippen LogP contribution in [0.1, 0.15) is 17.2 Å². The molecule has 2 amide bonds. The fraction of sp³-hybridized carbons (Fsp3) is 0.208. The molecular weight excluding hydrogens is 545 g/mol. The predicted octanol–water partition coefficient (Wildman–Crippen LogP) is 8.41. The van der Waals surface area contributed by atoms with Crippen LogP contribution < -0.4 is 10.2 Å². The molecule has 0 bridgehead atoms. The van der Waals surface area contributed by atoms with E-state index in [1.807, 2.05) is 17.0 Å². The van der Waals surface area contributed by atoms with Crippen LogP contribution in [0.3, 0.4) is 0 Å². The molecule has 4 rings (SSSR count). The van der Waals surface area contributed by atoms with Gasteiger partial charge in [-0.3, -0.25) is 0 Å². The monoisotopic (exact) mass is 561 g/mol. The number of halogens is 7. The highest BCUT2D eigenvalue weighted by Gasteiger charge is 2.36. The van der Waals surface area contributed by atoms with Crippen LogP contribution in [0, 0.1) is 0 Å². The molecule has 35 heavy (non-hydrogen) atoms. The quantitative estimate of drug-likeness (QED) is 0.348. The molecule has 3 aromatic rings. The number of nitrogens with one attached hydrogen (secondary N) is 1. The molecule has 1 fully saturated rings. The number of nitrogens with zero attached hydrogens (tertiary/aromatic N) is 2. The summed E-state index contributed by atoms with van der Waals surface area (Å²) in [6.45, 7) is 0.833. The lowest BCUT2D eigenvalue weighted by molar-refractivity contribution is -0.136. The van der Waals surface area contributed by atoms with Crippen LogP contribution in [-0.4, -0.2) is 30.6 Å². The normalized spacial score (nSPS) is 16.4. The number of amides is 2. The third-order valence-corrected chi connectivity index (χ3v) is 6.70. The van der Waals surface area contributed by atoms with E-state index in [1.54, 1.807) is 30.3 Å². The highest BCUT2D eigenvalue weighted by atomic mass is 35.5. The maximum atomic E-state index is 13.5. The maximum Gasteiger partial charge on any atom is 0.418 e. The molecule has 0 aromatic heterocycles. The van der Waals surface area contributed by atoms with Gasteiger partial charge in [0.15, 0.2) is 0 Å². The van der Waals surface area contributed by atoms with E-state index in [0.29, 0.717) is 21.6 Å². The highest BCUT2D eigenvalue weighted by Crippen LogP contribution is 2.38. The lowest BCUT2D eigenvalue weighted by atomic mass is 10.0. The van der Waals surface area contributed by atoms with Crippen molar-refractivity contribution in [1.82, 2.24) is 4.90 Å². The van der Waals surface area contributed by atoms with Crippen molar-refractivity contribution in [3.63, 3.8) is 0 Å². The van der Waals surface area contributed by atoms with Crippen molar-refractivity contribution in [1.29, 1.82) is 0 Å². The van der Waals surface area contributed by atoms with Crippen LogP contribution in [0.5, 0.6) is 0 Å². The summed E-state index contributed by atoms with van der Waals surface area (Å²) in [6, 6.07) is 14.5. The fourth-order valence-corrected chi connectivity index (χ4v) is 4.81. The average molecular weight is 563 g/mol. The Labute approximate surface area is 220 Å². The SMILES string of the molecule is O=C(Nc1ccc(Cl)cc1C(F)(F)F)N1CCN(c2ccc(Cl)cc2Cl)C(c2ccc(Cl)cc2)C1. The second-order valence-electron chi connectivity index (χ2n) is 7.92. The zero-order valence-electron chi connectivity index (χ0n) is 17.9. The molecule has 0 radical (unpaired) electrons. The maximum absolute atomic E-state index is 13.5. The summed E-state index contributed by atoms with van der Waals surface area (Å²) >= 11 is 24.3. The molecule has 1 unspecified atom stereocenters. The van der Waals surface area contributed by atoms with Gasteiger partial charge in [0.1, 0.15) is 0 Å². The van der Waals surface area contributed by atoms with Crippen molar-refractivity contribution in [3.05, 3.63) is 91.9 Å². The summed E-state index contributed by atoms with van der Waals surface area (Å²) in [6.07, 6.45) is -4.68. The van der Waals surface area contributed by atoms with Gasteiger partial charge < -0.3 is 15.1 Å². The van der Waals surface area contributed by atoms with Crippen LogP contribution in [-0.2, 0) is 6.18 Å². The van der Waals surface area contributed by atoms with Crippen LogP contribution in [0.4, 0.5) is 29.3 Å². The van der Waals surface area contributed by atoms with Crippen LogP contribution >= 0.6 is 46.4 Å². The summed E-state index contributed by atoms with van der Waals surface area (Å²) in [5.41, 5.74) is 0.214. The number of benzene rings is 3. The number of anilines is 2. The largest absolute Gasteiger partial charge is 0.418 e. The van der Waals surface area contributed by atoms with E-state index in [-0.39, 0.29) is 29.8 Å². The van der Waals surface area contributed by atoms with Gasteiger partial charge in [0.25, 0.3) is 0 Å². The topological polar surface area (TPSA) is 35.6 Å². The number of alkyl halides is 3. The summed E-state index contributed by atoms with van der Waals surface area (Å²) in [5, 5.41) is 3.81. The molecule has 0 saturated carbocycles. The van der Waals surface area contributed by atoms with E-state index < -0.39 is 17.8 Å². The minimum absolute atomic E-state index is 0.0772. The van der Waals surface area contributed by atoms with E-state index in [2.05, 4.69) is 5.32 Å². The Bertz CT molecular complexity index is 1240. The molecule has 4 nitrogen and oxygen atoms in total. The van der Waals surface area contributed by atoms with Crippen LogP contribution in [0.2, 0.25) is 20.1 Å². The average Bonchev–Trinajstić information content (AvgIpc) is 2.80. The predicted molar refractivity (Wildman–Crippen MR) is 135 cm³/mol. The molecular formula is C24H18Cl4F3N3O. The van der Waals surface area contributed by atoms with Gasteiger partial charge in [-0.25, -0.2) is 4.79 Å². The van der Waals surface area contributed by atoms with Gasteiger partial charge in [0.05, 0.1) is 28.0 Å². The molecule has 1 atom stereocenters. The molecule has 184 valence electrons. The second kappa shape index (κ2) is 10.3. The van der Waals surface area contributed by atoms with Crippen molar-refractivity contribution in [2.75, 3.05) is 29.9 Å². The van der Waals surface area contributed by atoms with E-state index in [0.717, 1.165) is 23.4 Å². The number of hydrogen-bond acceptors (Lipinski definition) is 2. The van der Waals surface area contributed by atoms with Gasteiger partial charge in [-0.1, -0.05) is 58.5 Å². The molecule has 1 aliphatic rings. The second-order valence-corrected chi connectivity index (χ2v) is 9.64. The first-order valence-electron chi connectivity index (χ1n) is 10.4. The Morgan fingerprint density at radius 2 is 1.49 bits per heavy atom. The number of carbonyl (C=O) groups excluding carboxylic acids is 1. The smallest absolute Gasteiger partial charge is 0.360 e. The fourth-order valence-electron chi connectivity index (χ4n) is 3.99. The van der Waals surface area contributed by atoms with Crippen molar-refractivity contribution in [2.24, 2.45) is 0 Å². The Morgan fingerprint density at radius 3 is 2.14 bits per heavy atom. The van der Waals surface area contributed by atoms with Gasteiger partial charge >= 0.3 is 12.2 Å². The number of rotatable bonds is 3. The van der Waals surface area contributed by atoms with Gasteiger partial charge in [-0.2, -0.15) is 13.2 Å². The summed E-state index contributed by atoms with van der Waals surface area (Å²) in [4.78, 5) is 16.6. The molecule has 0 aliphatic carbocycles. The first kappa shape index (κ1) is 25.8. The van der Waals surface area contributed by atoms with E-state index >= 15 is 0 Å². The lowest BCUT2D eigenvalue weighted by Gasteiger charge is -2.43. The van der Waals surface area contributed by atoms with Crippen molar-refractivity contribution in [2.45, 2.75) is 12.2 Å². The minimum atomic E-state index is -4.68. The molecule has 1 saturated heterocycles. The molecule has 0 spiro atoms. The third-order valence-electron chi connectivity index (χ3n) is 5.67. The number of carbonyl (C=O) groups is 1. The number of hydrogen-bond donors (Lipinski definition) is 1. The van der Waals surface area contributed by atoms with E-state index in [9.17, 15) is 18.0 Å². The molecule has 3 aromatic carbocycles. The Kier molecular flexibility index (Phi) is 7.62. The molecule has 1 heterocycles. The van der Waals surface area contributed by atoms with Gasteiger partial charge in [-0.15, -0.1) is 0 Å². The summed E-state index contributed by atoms with van der Waals surface area (Å²) < 4.78 is 40.4. The summed E-state index contributed by atoms with van der Waals surface area (Å²) in [7, 11) is 0. The first-order chi connectivity index (χ1) is 16.5. The standard InChI is InChI=1S/C24H18Cl4F3N3O/c25-15-3-1-14(2-4-15)22-13-33(9-10-34(22)21-8-6-17(27)12-19(21)28)23(35)32-20-7-5-16(26)11-18(20)24(29,30)31/h1-8,11-12,22H,9-10,13H2,(H,32,35). The molecule has 11 heteroatoms. The van der Waals surface area contributed by atoms with Crippen molar-refractivity contribution < 1.29 is 18.0 Å². The highest BCUT2D eigenvalue weighted by molar-refractivity contribution is 6.36. The van der Waals surface area contributed by atoms with E-state index in [4.69, 9.17) is 46.4 Å². The zero-order valence-corrected chi connectivity index (χ0v) is 20.9. The van der Waals surface area contributed by atoms with Gasteiger partial charge in [0.2, 0.25) is 0 Å². The Morgan fingerprint density at radius 1 is 0.857 bits per heavy atom. The lowest BCUT2D eigenvalue weighted by Crippen LogP contribution is -2.52. The summed E-state index contributed by atoms with van der Waals surface area (Å²) in [5.74, 6) is 0. The van der Waals surface area contributed by atoms with Crippen LogP contribution in [0.15, 0.2) is 60.7 Å².